The van der Waals surface area contributed by atoms with Gasteiger partial charge in [-0.15, -0.1) is 0 Å². The number of fused-ring (bicyclic) bond motifs is 2. The molecule has 0 saturated carbocycles. The van der Waals surface area contributed by atoms with E-state index in [-0.39, 0.29) is 11.5 Å². The Hall–Kier alpha value is -2.25. The lowest BCUT2D eigenvalue weighted by atomic mass is 9.84. The Morgan fingerprint density at radius 2 is 2.14 bits per heavy atom. The largest absolute Gasteiger partial charge is 0.353 e. The highest BCUT2D eigenvalue weighted by Gasteiger charge is 2.51. The first kappa shape index (κ1) is 20.0. The predicted molar refractivity (Wildman–Crippen MR) is 114 cm³/mol. The number of carbonyl (C=O) groups excluding carboxylic acids is 1. The van der Waals surface area contributed by atoms with Gasteiger partial charge in [-0.2, -0.15) is 5.10 Å². The number of hydrogen-bond acceptors (Lipinski definition) is 5. The minimum absolute atomic E-state index is 0.0964. The molecule has 0 aliphatic carbocycles. The summed E-state index contributed by atoms with van der Waals surface area (Å²) in [5.74, 6) is 0.0964. The summed E-state index contributed by atoms with van der Waals surface area (Å²) in [7, 11) is 0. The average molecular weight is 398 g/mol. The van der Waals surface area contributed by atoms with Gasteiger partial charge >= 0.3 is 0 Å². The van der Waals surface area contributed by atoms with Gasteiger partial charge in [-0.1, -0.05) is 32.0 Å². The molecule has 2 aliphatic heterocycles. The van der Waals surface area contributed by atoms with Crippen LogP contribution in [0.5, 0.6) is 0 Å². The maximum atomic E-state index is 13.2. The lowest BCUT2D eigenvalue weighted by molar-refractivity contribution is -0.133. The maximum Gasteiger partial charge on any atom is 0.274 e. The van der Waals surface area contributed by atoms with Gasteiger partial charge in [0.2, 0.25) is 5.91 Å². The third kappa shape index (κ3) is 3.94. The number of nitrogens with zero attached hydrogens (tertiary/aromatic N) is 3. The van der Waals surface area contributed by atoms with Crippen LogP contribution >= 0.6 is 0 Å². The van der Waals surface area contributed by atoms with Crippen LogP contribution in [0.3, 0.4) is 0 Å². The number of piperidine rings is 1. The van der Waals surface area contributed by atoms with Gasteiger partial charge in [0.25, 0.3) is 5.56 Å². The molecular weight excluding hydrogens is 366 g/mol. The zero-order chi connectivity index (χ0) is 20.4. The highest BCUT2D eigenvalue weighted by molar-refractivity contribution is 5.87. The van der Waals surface area contributed by atoms with Crippen LogP contribution in [0.1, 0.15) is 39.5 Å². The highest BCUT2D eigenvalue weighted by Crippen LogP contribution is 2.38. The Morgan fingerprint density at radius 3 is 2.97 bits per heavy atom. The summed E-state index contributed by atoms with van der Waals surface area (Å²) in [6.07, 6.45) is 5.71. The molecule has 3 heterocycles. The van der Waals surface area contributed by atoms with Crippen molar-refractivity contribution in [2.75, 3.05) is 19.6 Å². The van der Waals surface area contributed by atoms with Crippen molar-refractivity contribution >= 4 is 16.7 Å². The number of nitrogens with one attached hydrogen (secondary N) is 2. The van der Waals surface area contributed by atoms with E-state index in [9.17, 15) is 9.59 Å². The summed E-state index contributed by atoms with van der Waals surface area (Å²) in [4.78, 5) is 28.2. The number of rotatable bonds is 6. The van der Waals surface area contributed by atoms with Crippen molar-refractivity contribution in [1.29, 1.82) is 0 Å². The van der Waals surface area contributed by atoms with E-state index >= 15 is 0 Å². The Labute approximate surface area is 171 Å². The van der Waals surface area contributed by atoms with Crippen LogP contribution in [0.15, 0.2) is 35.3 Å². The van der Waals surface area contributed by atoms with Crippen LogP contribution in [0.4, 0.5) is 0 Å². The molecule has 7 heteroatoms. The molecule has 2 saturated heterocycles. The van der Waals surface area contributed by atoms with Gasteiger partial charge in [-0.05, 0) is 38.3 Å². The van der Waals surface area contributed by atoms with E-state index < -0.39 is 5.54 Å². The van der Waals surface area contributed by atoms with E-state index in [0.29, 0.717) is 30.6 Å². The summed E-state index contributed by atoms with van der Waals surface area (Å²) in [6, 6.07) is 8.21. The second kappa shape index (κ2) is 8.24. The lowest BCUT2D eigenvalue weighted by Gasteiger charge is -2.40. The Bertz CT molecular complexity index is 940. The first-order valence-electron chi connectivity index (χ1n) is 10.7. The zero-order valence-electron chi connectivity index (χ0n) is 17.4. The minimum atomic E-state index is -0.410. The third-order valence-corrected chi connectivity index (χ3v) is 6.26. The molecule has 2 aliphatic rings. The average Bonchev–Trinajstić information content (AvgIpc) is 3.08. The van der Waals surface area contributed by atoms with Gasteiger partial charge in [0.05, 0.1) is 18.1 Å². The molecule has 0 radical (unpaired) electrons. The fraction of sp³-hybridized carbons (Fsp3) is 0.591. The first-order valence-corrected chi connectivity index (χ1v) is 10.7. The molecule has 7 nitrogen and oxygen atoms in total. The van der Waals surface area contributed by atoms with Crippen molar-refractivity contribution < 1.29 is 4.79 Å². The van der Waals surface area contributed by atoms with Crippen LogP contribution in [-0.2, 0) is 11.3 Å². The van der Waals surface area contributed by atoms with Crippen molar-refractivity contribution in [2.45, 2.75) is 63.7 Å². The summed E-state index contributed by atoms with van der Waals surface area (Å²) in [5, 5.41) is 12.5. The SMILES string of the molecule is CC(C)N[C@@H]1CN2CCCC[C@@]2(C(=O)NCCn2ncc3ccccc3c2=O)C1. The summed E-state index contributed by atoms with van der Waals surface area (Å²) < 4.78 is 1.44. The van der Waals surface area contributed by atoms with Crippen LogP contribution in [0.25, 0.3) is 10.8 Å². The molecule has 1 amide bonds. The molecule has 0 spiro atoms. The van der Waals surface area contributed by atoms with Crippen molar-refractivity contribution in [3.63, 3.8) is 0 Å². The monoisotopic (exact) mass is 397 g/mol. The van der Waals surface area contributed by atoms with Crippen LogP contribution in [0.2, 0.25) is 0 Å². The van der Waals surface area contributed by atoms with E-state index in [1.807, 2.05) is 24.3 Å². The number of benzene rings is 1. The van der Waals surface area contributed by atoms with E-state index in [4.69, 9.17) is 0 Å². The second-order valence-electron chi connectivity index (χ2n) is 8.67. The molecule has 29 heavy (non-hydrogen) atoms. The smallest absolute Gasteiger partial charge is 0.274 e. The van der Waals surface area contributed by atoms with E-state index in [0.717, 1.165) is 44.2 Å². The Morgan fingerprint density at radius 1 is 1.31 bits per heavy atom. The predicted octanol–water partition coefficient (Wildman–Crippen LogP) is 1.51. The Kier molecular flexibility index (Phi) is 5.69. The highest BCUT2D eigenvalue weighted by atomic mass is 16.2. The standard InChI is InChI=1S/C22H31N5O2/c1-16(2)25-18-13-22(9-5-6-11-26(22)15-18)21(29)23-10-12-27-20(28)19-8-4-3-7-17(19)14-24-27/h3-4,7-8,14,16,18,25H,5-6,9-13,15H2,1-2H3,(H,23,29)/t18-,22-/m0/s1. The van der Waals surface area contributed by atoms with Crippen LogP contribution in [-0.4, -0.2) is 57.8 Å². The van der Waals surface area contributed by atoms with Gasteiger partial charge in [-0.3, -0.25) is 14.5 Å². The summed E-state index contributed by atoms with van der Waals surface area (Å²) >= 11 is 0. The summed E-state index contributed by atoms with van der Waals surface area (Å²) in [5.41, 5.74) is -0.524. The van der Waals surface area contributed by atoms with E-state index in [1.165, 1.54) is 4.68 Å². The van der Waals surface area contributed by atoms with Gasteiger partial charge in [0, 0.05) is 30.6 Å². The van der Waals surface area contributed by atoms with Crippen molar-refractivity contribution in [3.8, 4) is 0 Å². The first-order chi connectivity index (χ1) is 14.0. The quantitative estimate of drug-likeness (QED) is 0.772. The number of amides is 1. The maximum absolute atomic E-state index is 13.2. The summed E-state index contributed by atoms with van der Waals surface area (Å²) in [6.45, 7) is 6.99. The third-order valence-electron chi connectivity index (χ3n) is 6.26. The number of hydrogen-bond donors (Lipinski definition) is 2. The van der Waals surface area contributed by atoms with Crippen molar-refractivity contribution in [2.24, 2.45) is 0 Å². The molecule has 2 aromatic rings. The normalized spacial score (nSPS) is 24.7. The zero-order valence-corrected chi connectivity index (χ0v) is 17.4. The van der Waals surface area contributed by atoms with E-state index in [1.54, 1.807) is 6.20 Å². The lowest BCUT2D eigenvalue weighted by Crippen LogP contribution is -2.57. The second-order valence-corrected chi connectivity index (χ2v) is 8.67. The van der Waals surface area contributed by atoms with Gasteiger partial charge in [-0.25, -0.2) is 4.68 Å². The molecule has 0 bridgehead atoms. The fourth-order valence-electron chi connectivity index (χ4n) is 4.99. The topological polar surface area (TPSA) is 79.3 Å². The molecule has 2 atom stereocenters. The number of aromatic nitrogens is 2. The molecule has 1 aromatic heterocycles. The van der Waals surface area contributed by atoms with Crippen LogP contribution in [0, 0.1) is 0 Å². The molecule has 1 aromatic carbocycles. The minimum Gasteiger partial charge on any atom is -0.353 e. The molecule has 156 valence electrons. The van der Waals surface area contributed by atoms with Crippen molar-refractivity contribution in [3.05, 3.63) is 40.8 Å². The van der Waals surface area contributed by atoms with Crippen molar-refractivity contribution in [1.82, 2.24) is 25.3 Å². The molecule has 2 fully saturated rings. The van der Waals surface area contributed by atoms with E-state index in [2.05, 4.69) is 34.5 Å². The molecular formula is C22H31N5O2. The van der Waals surface area contributed by atoms with Gasteiger partial charge in [0.15, 0.2) is 0 Å². The molecule has 0 unspecified atom stereocenters. The molecule has 4 rings (SSSR count). The number of carbonyl (C=O) groups is 1. The van der Waals surface area contributed by atoms with Gasteiger partial charge in [0.1, 0.15) is 5.54 Å². The van der Waals surface area contributed by atoms with Gasteiger partial charge < -0.3 is 10.6 Å². The fourth-order valence-corrected chi connectivity index (χ4v) is 4.99. The Balaban J connectivity index is 1.42. The van der Waals surface area contributed by atoms with Crippen LogP contribution < -0.4 is 16.2 Å². The molecule has 2 N–H and O–H groups in total.